The second-order valence-electron chi connectivity index (χ2n) is 3.55. The van der Waals surface area contributed by atoms with Crippen LogP contribution in [0.3, 0.4) is 0 Å². The maximum atomic E-state index is 12.1. The van der Waals surface area contributed by atoms with Crippen molar-refractivity contribution in [1.29, 1.82) is 0 Å². The lowest BCUT2D eigenvalue weighted by Crippen LogP contribution is -2.36. The summed E-state index contributed by atoms with van der Waals surface area (Å²) in [5.74, 6) is -0.553. The predicted molar refractivity (Wildman–Crippen MR) is 46.3 cm³/mol. The van der Waals surface area contributed by atoms with Crippen LogP contribution in [-0.2, 0) is 4.79 Å². The summed E-state index contributed by atoms with van der Waals surface area (Å²) in [6, 6.07) is -0.648. The highest BCUT2D eigenvalue weighted by molar-refractivity contribution is 5.82. The Morgan fingerprint density at radius 2 is 2.25 bits per heavy atom. The topological polar surface area (TPSA) is 51.0 Å². The number of alkyl halides is 3. The van der Waals surface area contributed by atoms with Crippen LogP contribution in [0.15, 0.2) is 12.7 Å². The van der Waals surface area contributed by atoms with Gasteiger partial charge in [0.15, 0.2) is 0 Å². The third kappa shape index (κ3) is 2.15. The fraction of sp³-hybridized carbons (Fsp3) is 0.625. The van der Waals surface area contributed by atoms with Gasteiger partial charge in [-0.1, -0.05) is 0 Å². The standard InChI is InChI=1S/C8H9F3N4O/c9-8(10,11)3-14-2-1-6(7(14)16)15-5-12-4-13-15/h4-6H,1-3H2. The SMILES string of the molecule is O=C1C(n2cncn2)CCN1CC(F)(F)F. The molecule has 1 aromatic rings. The number of aromatic nitrogens is 3. The lowest BCUT2D eigenvalue weighted by Gasteiger charge is -2.18. The van der Waals surface area contributed by atoms with Gasteiger partial charge in [0.05, 0.1) is 0 Å². The van der Waals surface area contributed by atoms with Gasteiger partial charge in [-0.25, -0.2) is 9.67 Å². The van der Waals surface area contributed by atoms with E-state index in [4.69, 9.17) is 0 Å². The molecule has 1 aromatic heterocycles. The van der Waals surface area contributed by atoms with Gasteiger partial charge in [-0.3, -0.25) is 4.79 Å². The van der Waals surface area contributed by atoms with Crippen molar-refractivity contribution in [2.24, 2.45) is 0 Å². The van der Waals surface area contributed by atoms with Gasteiger partial charge >= 0.3 is 6.18 Å². The lowest BCUT2D eigenvalue weighted by atomic mass is 10.2. The Hall–Kier alpha value is -1.60. The molecular weight excluding hydrogens is 225 g/mol. The normalized spacial score (nSPS) is 21.8. The molecular formula is C8H9F3N4O. The average Bonchev–Trinajstić information content (AvgIpc) is 2.75. The highest BCUT2D eigenvalue weighted by Crippen LogP contribution is 2.26. The Morgan fingerprint density at radius 1 is 1.50 bits per heavy atom. The predicted octanol–water partition coefficient (Wildman–Crippen LogP) is 0.614. The maximum Gasteiger partial charge on any atom is 0.406 e. The molecule has 2 rings (SSSR count). The molecule has 88 valence electrons. The first-order valence-electron chi connectivity index (χ1n) is 4.67. The number of carbonyl (C=O) groups is 1. The molecule has 5 nitrogen and oxygen atoms in total. The molecule has 1 atom stereocenters. The number of amides is 1. The molecule has 0 aliphatic carbocycles. The van der Waals surface area contributed by atoms with Crippen molar-refractivity contribution in [3.8, 4) is 0 Å². The molecule has 0 saturated carbocycles. The number of nitrogens with zero attached hydrogens (tertiary/aromatic N) is 4. The third-order valence-electron chi connectivity index (χ3n) is 2.40. The van der Waals surface area contributed by atoms with Crippen LogP contribution >= 0.6 is 0 Å². The molecule has 1 fully saturated rings. The molecule has 8 heteroatoms. The zero-order valence-corrected chi connectivity index (χ0v) is 8.18. The minimum atomic E-state index is -4.35. The summed E-state index contributed by atoms with van der Waals surface area (Å²) in [5, 5.41) is 3.76. The van der Waals surface area contributed by atoms with Gasteiger partial charge in [0.25, 0.3) is 0 Å². The van der Waals surface area contributed by atoms with Crippen molar-refractivity contribution >= 4 is 5.91 Å². The summed E-state index contributed by atoms with van der Waals surface area (Å²) in [4.78, 5) is 16.1. The average molecular weight is 234 g/mol. The Labute approximate surface area is 88.9 Å². The maximum absolute atomic E-state index is 12.1. The molecule has 1 amide bonds. The Kier molecular flexibility index (Phi) is 2.56. The number of hydrogen-bond acceptors (Lipinski definition) is 3. The van der Waals surface area contributed by atoms with Gasteiger partial charge in [-0.2, -0.15) is 18.3 Å². The van der Waals surface area contributed by atoms with Gasteiger partial charge in [-0.05, 0) is 6.42 Å². The minimum Gasteiger partial charge on any atom is -0.332 e. The van der Waals surface area contributed by atoms with Gasteiger partial charge in [0.2, 0.25) is 5.91 Å². The number of hydrogen-bond donors (Lipinski definition) is 0. The number of rotatable bonds is 2. The first kappa shape index (κ1) is 10.9. The van der Waals surface area contributed by atoms with E-state index in [1.807, 2.05) is 0 Å². The van der Waals surface area contributed by atoms with Crippen molar-refractivity contribution in [3.05, 3.63) is 12.7 Å². The molecule has 1 aliphatic heterocycles. The van der Waals surface area contributed by atoms with Crippen LogP contribution in [0.5, 0.6) is 0 Å². The lowest BCUT2D eigenvalue weighted by molar-refractivity contribution is -0.158. The minimum absolute atomic E-state index is 0.100. The Morgan fingerprint density at radius 3 is 2.81 bits per heavy atom. The van der Waals surface area contributed by atoms with E-state index in [1.165, 1.54) is 17.3 Å². The van der Waals surface area contributed by atoms with E-state index in [2.05, 4.69) is 10.1 Å². The van der Waals surface area contributed by atoms with E-state index in [0.717, 1.165) is 4.90 Å². The van der Waals surface area contributed by atoms with E-state index in [0.29, 0.717) is 6.42 Å². The summed E-state index contributed by atoms with van der Waals surface area (Å²) < 4.78 is 37.7. The van der Waals surface area contributed by atoms with Crippen LogP contribution < -0.4 is 0 Å². The molecule has 1 saturated heterocycles. The van der Waals surface area contributed by atoms with E-state index in [1.54, 1.807) is 0 Å². The van der Waals surface area contributed by atoms with Gasteiger partial charge < -0.3 is 4.90 Å². The molecule has 16 heavy (non-hydrogen) atoms. The van der Waals surface area contributed by atoms with Crippen molar-refractivity contribution in [2.45, 2.75) is 18.6 Å². The molecule has 0 bridgehead atoms. The third-order valence-corrected chi connectivity index (χ3v) is 2.40. The second-order valence-corrected chi connectivity index (χ2v) is 3.55. The molecule has 0 aromatic carbocycles. The first-order valence-corrected chi connectivity index (χ1v) is 4.67. The van der Waals surface area contributed by atoms with Crippen molar-refractivity contribution < 1.29 is 18.0 Å². The number of carbonyl (C=O) groups excluding carboxylic acids is 1. The van der Waals surface area contributed by atoms with Gasteiger partial charge in [0.1, 0.15) is 25.2 Å². The van der Waals surface area contributed by atoms with Gasteiger partial charge in [0, 0.05) is 6.54 Å². The van der Waals surface area contributed by atoms with Crippen molar-refractivity contribution in [2.75, 3.05) is 13.1 Å². The summed E-state index contributed by atoms with van der Waals surface area (Å²) >= 11 is 0. The largest absolute Gasteiger partial charge is 0.406 e. The fourth-order valence-corrected chi connectivity index (χ4v) is 1.72. The van der Waals surface area contributed by atoms with E-state index >= 15 is 0 Å². The first-order chi connectivity index (χ1) is 7.47. The highest BCUT2D eigenvalue weighted by Gasteiger charge is 2.40. The zero-order chi connectivity index (χ0) is 11.8. The van der Waals surface area contributed by atoms with Crippen LogP contribution in [0.4, 0.5) is 13.2 Å². The molecule has 0 spiro atoms. The summed E-state index contributed by atoms with van der Waals surface area (Å²) in [7, 11) is 0. The van der Waals surface area contributed by atoms with Crippen molar-refractivity contribution in [3.63, 3.8) is 0 Å². The zero-order valence-electron chi connectivity index (χ0n) is 8.18. The van der Waals surface area contributed by atoms with Crippen LogP contribution in [0.2, 0.25) is 0 Å². The molecule has 2 heterocycles. The second kappa shape index (κ2) is 3.76. The molecule has 1 aliphatic rings. The quantitative estimate of drug-likeness (QED) is 0.753. The van der Waals surface area contributed by atoms with Gasteiger partial charge in [-0.15, -0.1) is 0 Å². The van der Waals surface area contributed by atoms with E-state index in [9.17, 15) is 18.0 Å². The summed E-state index contributed by atoms with van der Waals surface area (Å²) in [5.41, 5.74) is 0. The highest BCUT2D eigenvalue weighted by atomic mass is 19.4. The van der Waals surface area contributed by atoms with Crippen LogP contribution in [0.1, 0.15) is 12.5 Å². The van der Waals surface area contributed by atoms with Crippen molar-refractivity contribution in [1.82, 2.24) is 19.7 Å². The van der Waals surface area contributed by atoms with Crippen LogP contribution in [0.25, 0.3) is 0 Å². The van der Waals surface area contributed by atoms with Crippen LogP contribution in [-0.4, -0.2) is 44.8 Å². The molecule has 0 radical (unpaired) electrons. The Bertz CT molecular complexity index is 375. The Balaban J connectivity index is 2.05. The number of likely N-dealkylation sites (tertiary alicyclic amines) is 1. The molecule has 1 unspecified atom stereocenters. The molecule has 0 N–H and O–H groups in total. The van der Waals surface area contributed by atoms with Crippen LogP contribution in [0, 0.1) is 0 Å². The van der Waals surface area contributed by atoms with E-state index < -0.39 is 24.7 Å². The summed E-state index contributed by atoms with van der Waals surface area (Å²) in [6.07, 6.45) is -1.44. The van der Waals surface area contributed by atoms with E-state index in [-0.39, 0.29) is 6.54 Å². The fourth-order valence-electron chi connectivity index (χ4n) is 1.72. The number of halogens is 3. The smallest absolute Gasteiger partial charge is 0.332 e. The summed E-state index contributed by atoms with van der Waals surface area (Å²) in [6.45, 7) is -1.10. The monoisotopic (exact) mass is 234 g/mol.